The lowest BCUT2D eigenvalue weighted by molar-refractivity contribution is 0.0517. The van der Waals surface area contributed by atoms with E-state index < -0.39 is 0 Å². The summed E-state index contributed by atoms with van der Waals surface area (Å²) in [4.78, 5) is 7.29. The van der Waals surface area contributed by atoms with Crippen molar-refractivity contribution in [3.63, 3.8) is 0 Å². The fourth-order valence-electron chi connectivity index (χ4n) is 2.51. The Hall–Kier alpha value is -3.23. The number of pyridine rings is 1. The molecule has 5 heteroatoms. The van der Waals surface area contributed by atoms with Crippen molar-refractivity contribution in [3.05, 3.63) is 65.6 Å². The molecule has 0 saturated carbocycles. The van der Waals surface area contributed by atoms with Gasteiger partial charge in [0.25, 0.3) is 0 Å². The Morgan fingerprint density at radius 2 is 2.04 bits per heavy atom. The van der Waals surface area contributed by atoms with Crippen molar-refractivity contribution in [2.24, 2.45) is 0 Å². The molecule has 0 radical (unpaired) electrons. The van der Waals surface area contributed by atoms with Crippen molar-refractivity contribution in [2.45, 2.75) is 6.92 Å². The van der Waals surface area contributed by atoms with Crippen LogP contribution in [0.2, 0.25) is 0 Å². The van der Waals surface area contributed by atoms with E-state index in [-0.39, 0.29) is 6.79 Å². The number of aryl methyl sites for hydroxylation is 1. The topological polar surface area (TPSA) is 73.2 Å². The van der Waals surface area contributed by atoms with Gasteiger partial charge in [-0.3, -0.25) is 4.98 Å². The molecule has 3 rings (SSSR count). The number of H-pyrrole nitrogens is 1. The Morgan fingerprint density at radius 1 is 1.20 bits per heavy atom. The van der Waals surface area contributed by atoms with Crippen LogP contribution in [-0.2, 0) is 4.74 Å². The summed E-state index contributed by atoms with van der Waals surface area (Å²) in [6.07, 6.45) is 5.32. The predicted octanol–water partition coefficient (Wildman–Crippen LogP) is 3.35. The quantitative estimate of drug-likeness (QED) is 0.436. The normalized spacial score (nSPS) is 10.2. The maximum atomic E-state index is 6.29. The zero-order chi connectivity index (χ0) is 17.6. The number of methoxy groups -OCH3 is 1. The Morgan fingerprint density at radius 3 is 2.80 bits per heavy atom. The summed E-state index contributed by atoms with van der Waals surface area (Å²) < 4.78 is 10.5. The highest BCUT2D eigenvalue weighted by Gasteiger charge is 2.13. The largest absolute Gasteiger partial charge is 0.465 e. The molecule has 5 nitrogen and oxygen atoms in total. The Kier molecular flexibility index (Phi) is 5.03. The van der Waals surface area contributed by atoms with Crippen LogP contribution in [0, 0.1) is 18.8 Å². The molecule has 0 fully saturated rings. The smallest absolute Gasteiger partial charge is 0.188 e. The van der Waals surface area contributed by atoms with Gasteiger partial charge in [-0.2, -0.15) is 0 Å². The predicted molar refractivity (Wildman–Crippen MR) is 98.1 cm³/mol. The van der Waals surface area contributed by atoms with Crippen LogP contribution in [0.15, 0.2) is 48.9 Å². The summed E-state index contributed by atoms with van der Waals surface area (Å²) in [5.41, 5.74) is 11.5. The van der Waals surface area contributed by atoms with E-state index in [0.29, 0.717) is 11.4 Å². The average molecular weight is 333 g/mol. The van der Waals surface area contributed by atoms with E-state index in [9.17, 15) is 0 Å². The van der Waals surface area contributed by atoms with Crippen molar-refractivity contribution in [1.82, 2.24) is 9.97 Å². The molecule has 0 amide bonds. The van der Waals surface area contributed by atoms with Gasteiger partial charge in [0.15, 0.2) is 6.79 Å². The minimum atomic E-state index is 0.152. The minimum Gasteiger partial charge on any atom is -0.465 e. The van der Waals surface area contributed by atoms with Gasteiger partial charge in [0.05, 0.1) is 5.69 Å². The molecule has 25 heavy (non-hydrogen) atoms. The third-order valence-corrected chi connectivity index (χ3v) is 3.71. The van der Waals surface area contributed by atoms with Gasteiger partial charge < -0.3 is 20.2 Å². The second kappa shape index (κ2) is 7.56. The molecule has 0 bridgehead atoms. The molecule has 3 aromatic rings. The molecular weight excluding hydrogens is 314 g/mol. The number of hydrogen-bond donors (Lipinski definition) is 2. The molecule has 1 aromatic carbocycles. The number of aromatic nitrogens is 2. The molecule has 0 aliphatic heterocycles. The molecule has 0 aliphatic carbocycles. The molecule has 3 N–H and O–H groups in total. The Labute approximate surface area is 146 Å². The van der Waals surface area contributed by atoms with Crippen LogP contribution in [-0.4, -0.2) is 23.9 Å². The standard InChI is InChI=1S/C20H19N3O2/c1-14-5-8-18(25-13-24-2)20(21)19(14)17-10-16(12-23-17)7-6-15-4-3-9-22-11-15/h3-5,8-12,23H,13,21H2,1-2H3. The second-order valence-corrected chi connectivity index (χ2v) is 5.51. The lowest BCUT2D eigenvalue weighted by atomic mass is 10.0. The van der Waals surface area contributed by atoms with Crippen molar-refractivity contribution in [3.8, 4) is 28.8 Å². The number of nitrogens with one attached hydrogen (secondary N) is 1. The van der Waals surface area contributed by atoms with Gasteiger partial charge in [0.1, 0.15) is 5.75 Å². The first-order valence-electron chi connectivity index (χ1n) is 7.80. The number of ether oxygens (including phenoxy) is 2. The highest BCUT2D eigenvalue weighted by molar-refractivity contribution is 5.82. The molecule has 0 spiro atoms. The average Bonchev–Trinajstić information content (AvgIpc) is 3.09. The van der Waals surface area contributed by atoms with Crippen molar-refractivity contribution in [1.29, 1.82) is 0 Å². The van der Waals surface area contributed by atoms with E-state index in [1.54, 1.807) is 19.5 Å². The van der Waals surface area contributed by atoms with Gasteiger partial charge in [-0.1, -0.05) is 17.9 Å². The number of benzene rings is 1. The third-order valence-electron chi connectivity index (χ3n) is 3.71. The molecule has 2 aromatic heterocycles. The molecule has 0 aliphatic rings. The van der Waals surface area contributed by atoms with Crippen molar-refractivity contribution >= 4 is 5.69 Å². The van der Waals surface area contributed by atoms with Crippen LogP contribution >= 0.6 is 0 Å². The van der Waals surface area contributed by atoms with E-state index in [4.69, 9.17) is 15.2 Å². The molecule has 0 unspecified atom stereocenters. The Balaban J connectivity index is 1.91. The van der Waals surface area contributed by atoms with E-state index >= 15 is 0 Å². The monoisotopic (exact) mass is 333 g/mol. The number of nitrogen functional groups attached to an aromatic ring is 1. The number of nitrogens with two attached hydrogens (primary N) is 1. The number of anilines is 1. The zero-order valence-electron chi connectivity index (χ0n) is 14.2. The lowest BCUT2D eigenvalue weighted by Crippen LogP contribution is -2.03. The van der Waals surface area contributed by atoms with Crippen LogP contribution in [0.1, 0.15) is 16.7 Å². The van der Waals surface area contributed by atoms with Gasteiger partial charge in [0, 0.05) is 48.1 Å². The van der Waals surface area contributed by atoms with Crippen LogP contribution in [0.25, 0.3) is 11.3 Å². The molecular formula is C20H19N3O2. The van der Waals surface area contributed by atoms with Crippen LogP contribution in [0.3, 0.4) is 0 Å². The van der Waals surface area contributed by atoms with Crippen molar-refractivity contribution < 1.29 is 9.47 Å². The molecule has 2 heterocycles. The first-order valence-corrected chi connectivity index (χ1v) is 7.80. The highest BCUT2D eigenvalue weighted by Crippen LogP contribution is 2.35. The van der Waals surface area contributed by atoms with Crippen LogP contribution < -0.4 is 10.5 Å². The molecule has 0 atom stereocenters. The lowest BCUT2D eigenvalue weighted by Gasteiger charge is -2.13. The van der Waals surface area contributed by atoms with Gasteiger partial charge >= 0.3 is 0 Å². The van der Waals surface area contributed by atoms with Gasteiger partial charge in [-0.25, -0.2) is 0 Å². The fraction of sp³-hybridized carbons (Fsp3) is 0.150. The van der Waals surface area contributed by atoms with E-state index in [0.717, 1.165) is 27.9 Å². The van der Waals surface area contributed by atoms with Crippen molar-refractivity contribution in [2.75, 3.05) is 19.6 Å². The second-order valence-electron chi connectivity index (χ2n) is 5.51. The van der Waals surface area contributed by atoms with Crippen LogP contribution in [0.4, 0.5) is 5.69 Å². The summed E-state index contributed by atoms with van der Waals surface area (Å²) in [6.45, 7) is 2.16. The maximum absolute atomic E-state index is 6.29. The summed E-state index contributed by atoms with van der Waals surface area (Å²) in [7, 11) is 1.57. The van der Waals surface area contributed by atoms with Gasteiger partial charge in [-0.15, -0.1) is 0 Å². The Bertz CT molecular complexity index is 921. The van der Waals surface area contributed by atoms with E-state index in [1.807, 2.05) is 43.5 Å². The minimum absolute atomic E-state index is 0.152. The summed E-state index contributed by atoms with van der Waals surface area (Å²) in [5.74, 6) is 6.81. The highest BCUT2D eigenvalue weighted by atomic mass is 16.7. The fourth-order valence-corrected chi connectivity index (χ4v) is 2.51. The molecule has 126 valence electrons. The number of rotatable bonds is 4. The van der Waals surface area contributed by atoms with Gasteiger partial charge in [-0.05, 0) is 36.8 Å². The summed E-state index contributed by atoms with van der Waals surface area (Å²) in [6, 6.07) is 9.58. The number of hydrogen-bond acceptors (Lipinski definition) is 4. The van der Waals surface area contributed by atoms with E-state index in [1.165, 1.54) is 0 Å². The zero-order valence-corrected chi connectivity index (χ0v) is 14.2. The first-order chi connectivity index (χ1) is 12.2. The third kappa shape index (κ3) is 3.82. The van der Waals surface area contributed by atoms with Crippen LogP contribution in [0.5, 0.6) is 5.75 Å². The maximum Gasteiger partial charge on any atom is 0.188 e. The first kappa shape index (κ1) is 16.6. The van der Waals surface area contributed by atoms with E-state index in [2.05, 4.69) is 21.8 Å². The SMILES string of the molecule is COCOc1ccc(C)c(-c2cc(C#Cc3cccnc3)c[nH]2)c1N. The van der Waals surface area contributed by atoms with Gasteiger partial charge in [0.2, 0.25) is 0 Å². The molecule has 0 saturated heterocycles. The number of nitrogens with zero attached hydrogens (tertiary/aromatic N) is 1. The number of aromatic amines is 1. The summed E-state index contributed by atoms with van der Waals surface area (Å²) in [5, 5.41) is 0. The summed E-state index contributed by atoms with van der Waals surface area (Å²) >= 11 is 0.